The molecule has 0 saturated carbocycles. The van der Waals surface area contributed by atoms with Crippen molar-refractivity contribution < 1.29 is 4.39 Å². The maximum atomic E-state index is 13.4. The zero-order chi connectivity index (χ0) is 14.3. The van der Waals surface area contributed by atoms with Crippen LogP contribution in [0.1, 0.15) is 11.5 Å². The molecule has 6 heteroatoms. The summed E-state index contributed by atoms with van der Waals surface area (Å²) in [6, 6.07) is 4.62. The predicted octanol–water partition coefficient (Wildman–Crippen LogP) is 2.99. The van der Waals surface area contributed by atoms with Gasteiger partial charge in [-0.05, 0) is 19.1 Å². The van der Waals surface area contributed by atoms with E-state index in [0.717, 1.165) is 22.7 Å². The van der Waals surface area contributed by atoms with E-state index in [4.69, 9.17) is 11.6 Å². The number of halogens is 2. The maximum Gasteiger partial charge on any atom is 0.125 e. The highest BCUT2D eigenvalue weighted by molar-refractivity contribution is 6.17. The van der Waals surface area contributed by atoms with Gasteiger partial charge in [-0.15, -0.1) is 11.6 Å². The van der Waals surface area contributed by atoms with Gasteiger partial charge in [-0.3, -0.25) is 9.25 Å². The summed E-state index contributed by atoms with van der Waals surface area (Å²) in [7, 11) is 1.87. The number of rotatable bonds is 3. The van der Waals surface area contributed by atoms with Gasteiger partial charge in [0, 0.05) is 31.6 Å². The molecule has 3 aromatic rings. The molecule has 2 aromatic heterocycles. The van der Waals surface area contributed by atoms with E-state index in [9.17, 15) is 4.39 Å². The van der Waals surface area contributed by atoms with Gasteiger partial charge in [0.05, 0.1) is 22.4 Å². The Balaban J connectivity index is 2.31. The number of hydrogen-bond acceptors (Lipinski definition) is 2. The molecule has 0 aliphatic heterocycles. The van der Waals surface area contributed by atoms with E-state index in [2.05, 4.69) is 10.1 Å². The van der Waals surface area contributed by atoms with Gasteiger partial charge in [-0.25, -0.2) is 9.37 Å². The van der Waals surface area contributed by atoms with E-state index in [1.807, 2.05) is 24.7 Å². The van der Waals surface area contributed by atoms with Crippen LogP contribution in [0.3, 0.4) is 0 Å². The SMILES string of the molecule is Cc1nn(C)cc1-n1c(CCCl)nc2cc(F)ccc21. The average molecular weight is 293 g/mol. The lowest BCUT2D eigenvalue weighted by atomic mass is 10.3. The molecule has 104 valence electrons. The molecule has 0 unspecified atom stereocenters. The number of fused-ring (bicyclic) bond motifs is 1. The van der Waals surface area contributed by atoms with Gasteiger partial charge >= 0.3 is 0 Å². The van der Waals surface area contributed by atoms with E-state index >= 15 is 0 Å². The van der Waals surface area contributed by atoms with Gasteiger partial charge in [0.1, 0.15) is 11.6 Å². The Hall–Kier alpha value is -1.88. The molecule has 0 fully saturated rings. The summed E-state index contributed by atoms with van der Waals surface area (Å²) in [5.74, 6) is 0.990. The molecule has 0 amide bonds. The third-order valence-electron chi connectivity index (χ3n) is 3.23. The average Bonchev–Trinajstić information content (AvgIpc) is 2.89. The number of hydrogen-bond donors (Lipinski definition) is 0. The third-order valence-corrected chi connectivity index (χ3v) is 3.42. The number of benzene rings is 1. The summed E-state index contributed by atoms with van der Waals surface area (Å²) >= 11 is 5.85. The van der Waals surface area contributed by atoms with Crippen molar-refractivity contribution in [3.05, 3.63) is 41.7 Å². The number of alkyl halides is 1. The Morgan fingerprint density at radius 1 is 1.35 bits per heavy atom. The first-order valence-corrected chi connectivity index (χ1v) is 6.87. The van der Waals surface area contributed by atoms with E-state index in [-0.39, 0.29) is 5.82 Å². The second-order valence-corrected chi connectivity index (χ2v) is 5.09. The first-order chi connectivity index (χ1) is 9.60. The molecule has 3 rings (SSSR count). The maximum absolute atomic E-state index is 13.4. The summed E-state index contributed by atoms with van der Waals surface area (Å²) < 4.78 is 17.1. The van der Waals surface area contributed by atoms with Gasteiger partial charge in [0.25, 0.3) is 0 Å². The molecule has 0 spiro atoms. The molecule has 0 atom stereocenters. The Bertz CT molecular complexity index is 775. The molecule has 0 aliphatic carbocycles. The molecule has 0 bridgehead atoms. The lowest BCUT2D eigenvalue weighted by Crippen LogP contribution is -2.02. The number of nitrogens with zero attached hydrogens (tertiary/aromatic N) is 4. The number of imidazole rings is 1. The smallest absolute Gasteiger partial charge is 0.125 e. The molecule has 0 saturated heterocycles. The van der Waals surface area contributed by atoms with Crippen molar-refractivity contribution in [1.82, 2.24) is 19.3 Å². The fourth-order valence-electron chi connectivity index (χ4n) is 2.43. The summed E-state index contributed by atoms with van der Waals surface area (Å²) in [4.78, 5) is 4.49. The number of aromatic nitrogens is 4. The van der Waals surface area contributed by atoms with Gasteiger partial charge in [-0.2, -0.15) is 5.10 Å². The summed E-state index contributed by atoms with van der Waals surface area (Å²) in [5.41, 5.74) is 3.34. The monoisotopic (exact) mass is 292 g/mol. The zero-order valence-corrected chi connectivity index (χ0v) is 12.0. The zero-order valence-electron chi connectivity index (χ0n) is 11.3. The number of aryl methyl sites for hydroxylation is 3. The summed E-state index contributed by atoms with van der Waals surface area (Å²) in [5, 5.41) is 4.35. The molecule has 20 heavy (non-hydrogen) atoms. The van der Waals surface area contributed by atoms with Crippen LogP contribution in [0.25, 0.3) is 16.7 Å². The first-order valence-electron chi connectivity index (χ1n) is 6.33. The second kappa shape index (κ2) is 4.90. The van der Waals surface area contributed by atoms with E-state index in [1.165, 1.54) is 12.1 Å². The standard InChI is InChI=1S/C14H14ClFN4/c1-9-13(8-19(2)18-9)20-12-4-3-10(16)7-11(12)17-14(20)5-6-15/h3-4,7-8H,5-6H2,1-2H3. The Morgan fingerprint density at radius 2 is 2.15 bits per heavy atom. The first kappa shape index (κ1) is 13.1. The largest absolute Gasteiger partial charge is 0.293 e. The molecule has 2 heterocycles. The predicted molar refractivity (Wildman–Crippen MR) is 77.0 cm³/mol. The van der Waals surface area contributed by atoms with E-state index in [0.29, 0.717) is 17.8 Å². The lowest BCUT2D eigenvalue weighted by molar-refractivity contribution is 0.629. The highest BCUT2D eigenvalue weighted by atomic mass is 35.5. The van der Waals surface area contributed by atoms with Crippen LogP contribution in [-0.4, -0.2) is 25.2 Å². The van der Waals surface area contributed by atoms with Crippen LogP contribution in [0.5, 0.6) is 0 Å². The van der Waals surface area contributed by atoms with Crippen molar-refractivity contribution >= 4 is 22.6 Å². The summed E-state index contributed by atoms with van der Waals surface area (Å²) in [6.07, 6.45) is 2.55. The van der Waals surface area contributed by atoms with Gasteiger partial charge < -0.3 is 0 Å². The summed E-state index contributed by atoms with van der Waals surface area (Å²) in [6.45, 7) is 1.94. The molecule has 0 N–H and O–H groups in total. The Morgan fingerprint density at radius 3 is 2.80 bits per heavy atom. The quantitative estimate of drug-likeness (QED) is 0.696. The third kappa shape index (κ3) is 2.08. The molecule has 4 nitrogen and oxygen atoms in total. The second-order valence-electron chi connectivity index (χ2n) is 4.71. The van der Waals surface area contributed by atoms with E-state index < -0.39 is 0 Å². The minimum Gasteiger partial charge on any atom is -0.293 e. The Labute approximate surface area is 120 Å². The highest BCUT2D eigenvalue weighted by Crippen LogP contribution is 2.24. The van der Waals surface area contributed by atoms with Gasteiger partial charge in [0.15, 0.2) is 0 Å². The van der Waals surface area contributed by atoms with E-state index in [1.54, 1.807) is 10.7 Å². The van der Waals surface area contributed by atoms with Crippen molar-refractivity contribution in [3.8, 4) is 5.69 Å². The lowest BCUT2D eigenvalue weighted by Gasteiger charge is -2.06. The fraction of sp³-hybridized carbons (Fsp3) is 0.286. The van der Waals surface area contributed by atoms with Crippen LogP contribution in [0, 0.1) is 12.7 Å². The normalized spacial score (nSPS) is 11.4. The van der Waals surface area contributed by atoms with Gasteiger partial charge in [-0.1, -0.05) is 0 Å². The van der Waals surface area contributed by atoms with Crippen molar-refractivity contribution in [2.75, 3.05) is 5.88 Å². The molecular weight excluding hydrogens is 279 g/mol. The van der Waals surface area contributed by atoms with Crippen molar-refractivity contribution in [2.24, 2.45) is 7.05 Å². The molecule has 0 radical (unpaired) electrons. The topological polar surface area (TPSA) is 35.6 Å². The van der Waals surface area contributed by atoms with Gasteiger partial charge in [0.2, 0.25) is 0 Å². The van der Waals surface area contributed by atoms with Crippen molar-refractivity contribution in [1.29, 1.82) is 0 Å². The van der Waals surface area contributed by atoms with Crippen LogP contribution < -0.4 is 0 Å². The highest BCUT2D eigenvalue weighted by Gasteiger charge is 2.16. The van der Waals surface area contributed by atoms with Crippen LogP contribution in [0.4, 0.5) is 4.39 Å². The molecule has 0 aliphatic rings. The van der Waals surface area contributed by atoms with Crippen LogP contribution in [0.15, 0.2) is 24.4 Å². The molecular formula is C14H14ClFN4. The minimum absolute atomic E-state index is 0.289. The van der Waals surface area contributed by atoms with Crippen molar-refractivity contribution in [3.63, 3.8) is 0 Å². The van der Waals surface area contributed by atoms with Crippen LogP contribution in [-0.2, 0) is 13.5 Å². The fourth-order valence-corrected chi connectivity index (χ4v) is 2.60. The molecule has 1 aromatic carbocycles. The van der Waals surface area contributed by atoms with Crippen molar-refractivity contribution in [2.45, 2.75) is 13.3 Å². The van der Waals surface area contributed by atoms with Crippen LogP contribution >= 0.6 is 11.6 Å². The minimum atomic E-state index is -0.289. The Kier molecular flexibility index (Phi) is 3.22. The van der Waals surface area contributed by atoms with Crippen LogP contribution in [0.2, 0.25) is 0 Å².